The van der Waals surface area contributed by atoms with Crippen LogP contribution >= 0.6 is 0 Å². The van der Waals surface area contributed by atoms with Crippen molar-refractivity contribution >= 4 is 32.7 Å². The number of aromatic nitrogens is 3. The van der Waals surface area contributed by atoms with E-state index in [0.717, 1.165) is 17.0 Å². The maximum absolute atomic E-state index is 12.6. The van der Waals surface area contributed by atoms with Crippen molar-refractivity contribution in [3.8, 4) is 11.4 Å². The normalized spacial score (nSPS) is 12.5. The molecule has 10 heteroatoms. The summed E-state index contributed by atoms with van der Waals surface area (Å²) in [5, 5.41) is 11.6. The number of nitrogens with zero attached hydrogens (tertiary/aromatic N) is 3. The number of amides is 1. The van der Waals surface area contributed by atoms with Gasteiger partial charge in [-0.25, -0.2) is 8.42 Å². The quantitative estimate of drug-likeness (QED) is 0.434. The van der Waals surface area contributed by atoms with Gasteiger partial charge in [0.05, 0.1) is 23.7 Å². The van der Waals surface area contributed by atoms with Crippen LogP contribution in [0.3, 0.4) is 0 Å². The van der Waals surface area contributed by atoms with Gasteiger partial charge >= 0.3 is 0 Å². The molecule has 0 aliphatic carbocycles. The summed E-state index contributed by atoms with van der Waals surface area (Å²) in [4.78, 5) is 14.2. The minimum atomic E-state index is -3.83. The molecule has 2 N–H and O–H groups in total. The molecule has 33 heavy (non-hydrogen) atoms. The van der Waals surface area contributed by atoms with Gasteiger partial charge in [-0.2, -0.15) is 9.52 Å². The number of carbonyl (C=O) groups excluding carboxylic acids is 1. The minimum Gasteiger partial charge on any atom is -0.497 e. The maximum atomic E-state index is 12.6. The molecule has 0 saturated heterocycles. The molecule has 1 atom stereocenters. The molecule has 1 heterocycles. The number of aryl methyl sites for hydroxylation is 1. The zero-order valence-corrected chi connectivity index (χ0v) is 19.1. The Morgan fingerprint density at radius 1 is 0.970 bits per heavy atom. The second-order valence-electron chi connectivity index (χ2n) is 7.54. The summed E-state index contributed by atoms with van der Waals surface area (Å²) in [5.74, 6) is 0.236. The van der Waals surface area contributed by atoms with E-state index in [4.69, 9.17) is 4.74 Å². The van der Waals surface area contributed by atoms with Gasteiger partial charge in [-0.3, -0.25) is 4.79 Å². The molecule has 0 aliphatic rings. The first-order valence-electron chi connectivity index (χ1n) is 10.2. The Morgan fingerprint density at radius 2 is 1.64 bits per heavy atom. The zero-order valence-electron chi connectivity index (χ0n) is 18.3. The van der Waals surface area contributed by atoms with Gasteiger partial charge in [-0.1, -0.05) is 17.7 Å². The molecule has 1 unspecified atom stereocenters. The Morgan fingerprint density at radius 3 is 2.30 bits per heavy atom. The second-order valence-corrected chi connectivity index (χ2v) is 9.25. The molecule has 9 nitrogen and oxygen atoms in total. The molecule has 4 rings (SSSR count). The molecular weight excluding hydrogens is 442 g/mol. The number of sulfonamides is 1. The Bertz CT molecular complexity index is 1400. The zero-order chi connectivity index (χ0) is 23.6. The number of methoxy groups -OCH3 is 1. The summed E-state index contributed by atoms with van der Waals surface area (Å²) < 4.78 is 32.7. The van der Waals surface area contributed by atoms with Crippen LogP contribution in [0.2, 0.25) is 0 Å². The Balaban J connectivity index is 1.47. The number of anilines is 1. The highest BCUT2D eigenvalue weighted by Gasteiger charge is 2.22. The van der Waals surface area contributed by atoms with Crippen LogP contribution < -0.4 is 14.8 Å². The van der Waals surface area contributed by atoms with Crippen LogP contribution in [0.25, 0.3) is 16.7 Å². The van der Waals surface area contributed by atoms with Crippen molar-refractivity contribution in [2.24, 2.45) is 0 Å². The Hall–Kier alpha value is -3.76. The molecule has 0 bridgehead atoms. The van der Waals surface area contributed by atoms with Gasteiger partial charge < -0.3 is 10.1 Å². The van der Waals surface area contributed by atoms with Gasteiger partial charge in [0.1, 0.15) is 16.8 Å². The minimum absolute atomic E-state index is 0.101. The summed E-state index contributed by atoms with van der Waals surface area (Å²) in [7, 11) is -2.23. The van der Waals surface area contributed by atoms with E-state index >= 15 is 0 Å². The monoisotopic (exact) mass is 465 g/mol. The first-order valence-corrected chi connectivity index (χ1v) is 11.6. The van der Waals surface area contributed by atoms with Crippen molar-refractivity contribution < 1.29 is 17.9 Å². The van der Waals surface area contributed by atoms with Gasteiger partial charge in [0, 0.05) is 5.69 Å². The molecule has 4 aromatic rings. The third-order valence-electron chi connectivity index (χ3n) is 5.01. The van der Waals surface area contributed by atoms with E-state index in [1.807, 2.05) is 31.2 Å². The summed E-state index contributed by atoms with van der Waals surface area (Å²) in [6.45, 7) is 3.35. The first-order chi connectivity index (χ1) is 15.7. The second kappa shape index (κ2) is 9.00. The highest BCUT2D eigenvalue weighted by Crippen LogP contribution is 2.19. The fourth-order valence-electron chi connectivity index (χ4n) is 3.15. The van der Waals surface area contributed by atoms with Gasteiger partial charge in [0.2, 0.25) is 15.9 Å². The van der Waals surface area contributed by atoms with Crippen LogP contribution in [-0.2, 0) is 14.8 Å². The maximum Gasteiger partial charge on any atom is 0.242 e. The Kier molecular flexibility index (Phi) is 6.12. The smallest absolute Gasteiger partial charge is 0.242 e. The number of rotatable bonds is 7. The van der Waals surface area contributed by atoms with Crippen LogP contribution in [0, 0.1) is 6.92 Å². The summed E-state index contributed by atoms with van der Waals surface area (Å²) in [6, 6.07) is 17.8. The molecule has 3 aromatic carbocycles. The number of fused-ring (bicyclic) bond motifs is 1. The molecule has 170 valence electrons. The molecule has 0 saturated carbocycles. The van der Waals surface area contributed by atoms with Gasteiger partial charge in [0.25, 0.3) is 0 Å². The fourth-order valence-corrected chi connectivity index (χ4v) is 4.35. The molecule has 1 amide bonds. The first kappa shape index (κ1) is 22.4. The standard InChI is InChI=1S/C23H23N5O4S/c1-15-4-11-20(12-5-15)33(30,31)27-16(2)23(29)24-17-6-13-21-22(14-17)26-28(25-21)18-7-9-19(32-3)10-8-18/h4-14,16,27H,1-3H3,(H,24,29). The number of ether oxygens (including phenoxy) is 1. The lowest BCUT2D eigenvalue weighted by atomic mass is 10.2. The largest absolute Gasteiger partial charge is 0.497 e. The summed E-state index contributed by atoms with van der Waals surface area (Å²) in [6.07, 6.45) is 0. The number of benzene rings is 3. The number of hydrogen-bond donors (Lipinski definition) is 2. The van der Waals surface area contributed by atoms with Crippen molar-refractivity contribution in [1.29, 1.82) is 0 Å². The van der Waals surface area contributed by atoms with Crippen molar-refractivity contribution in [2.45, 2.75) is 24.8 Å². The number of carbonyl (C=O) groups is 1. The number of hydrogen-bond acceptors (Lipinski definition) is 6. The van der Waals surface area contributed by atoms with Gasteiger partial charge in [-0.05, 0) is 68.4 Å². The SMILES string of the molecule is COc1ccc(-n2nc3ccc(NC(=O)C(C)NS(=O)(=O)c4ccc(C)cc4)cc3n2)cc1. The van der Waals surface area contributed by atoms with Crippen LogP contribution in [0.1, 0.15) is 12.5 Å². The van der Waals surface area contributed by atoms with Crippen molar-refractivity contribution in [3.63, 3.8) is 0 Å². The van der Waals surface area contributed by atoms with Gasteiger partial charge in [0.15, 0.2) is 0 Å². The van der Waals surface area contributed by atoms with E-state index in [1.54, 1.807) is 37.4 Å². The number of nitrogens with one attached hydrogen (secondary N) is 2. The van der Waals surface area contributed by atoms with Crippen LogP contribution in [0.4, 0.5) is 5.69 Å². The average Bonchev–Trinajstić information content (AvgIpc) is 3.22. The van der Waals surface area contributed by atoms with Crippen LogP contribution in [0.15, 0.2) is 71.6 Å². The summed E-state index contributed by atoms with van der Waals surface area (Å²) in [5.41, 5.74) is 3.42. The van der Waals surface area contributed by atoms with Crippen LogP contribution in [-0.4, -0.2) is 42.5 Å². The van der Waals surface area contributed by atoms with E-state index in [9.17, 15) is 13.2 Å². The molecule has 1 aromatic heterocycles. The highest BCUT2D eigenvalue weighted by molar-refractivity contribution is 7.89. The van der Waals surface area contributed by atoms with Crippen molar-refractivity contribution in [3.05, 3.63) is 72.3 Å². The van der Waals surface area contributed by atoms with E-state index in [1.165, 1.54) is 23.9 Å². The molecule has 0 radical (unpaired) electrons. The van der Waals surface area contributed by atoms with Crippen molar-refractivity contribution in [2.75, 3.05) is 12.4 Å². The van der Waals surface area contributed by atoms with E-state index in [0.29, 0.717) is 16.7 Å². The lowest BCUT2D eigenvalue weighted by Gasteiger charge is -2.14. The molecule has 0 spiro atoms. The molecular formula is C23H23N5O4S. The van der Waals surface area contributed by atoms with Crippen molar-refractivity contribution in [1.82, 2.24) is 19.7 Å². The predicted molar refractivity (Wildman–Crippen MR) is 125 cm³/mol. The molecule has 0 aliphatic heterocycles. The highest BCUT2D eigenvalue weighted by atomic mass is 32.2. The van der Waals surface area contributed by atoms with E-state index in [2.05, 4.69) is 20.2 Å². The molecule has 0 fully saturated rings. The van der Waals surface area contributed by atoms with Crippen LogP contribution in [0.5, 0.6) is 5.75 Å². The van der Waals surface area contributed by atoms with E-state index < -0.39 is 22.0 Å². The summed E-state index contributed by atoms with van der Waals surface area (Å²) >= 11 is 0. The van der Waals surface area contributed by atoms with E-state index in [-0.39, 0.29) is 4.90 Å². The average molecular weight is 466 g/mol. The third-order valence-corrected chi connectivity index (χ3v) is 6.56. The Labute approximate surface area is 191 Å². The lowest BCUT2D eigenvalue weighted by Crippen LogP contribution is -2.41. The van der Waals surface area contributed by atoms with Gasteiger partial charge in [-0.15, -0.1) is 10.2 Å². The lowest BCUT2D eigenvalue weighted by molar-refractivity contribution is -0.117. The predicted octanol–water partition coefficient (Wildman–Crippen LogP) is 3.04. The third kappa shape index (κ3) is 5.02. The topological polar surface area (TPSA) is 115 Å². The fraction of sp³-hybridized carbons (Fsp3) is 0.174.